The molecule has 1 aromatic heterocycles. The fourth-order valence-electron chi connectivity index (χ4n) is 5.82. The minimum atomic E-state index is -2.09. The number of hydrogen-bond acceptors (Lipinski definition) is 5. The van der Waals surface area contributed by atoms with Gasteiger partial charge in [0.25, 0.3) is 11.6 Å². The molecule has 0 bridgehead atoms. The lowest BCUT2D eigenvalue weighted by Crippen LogP contribution is -2.74. The molecule has 32 heavy (non-hydrogen) atoms. The molecule has 4 heterocycles. The normalized spacial score (nSPS) is 29.9. The van der Waals surface area contributed by atoms with Crippen molar-refractivity contribution in [2.24, 2.45) is 5.41 Å². The van der Waals surface area contributed by atoms with Gasteiger partial charge in [0, 0.05) is 41.9 Å². The first-order valence-electron chi connectivity index (χ1n) is 11.2. The topological polar surface area (TPSA) is 95.1 Å². The molecule has 0 saturated carbocycles. The zero-order valence-corrected chi connectivity index (χ0v) is 19.3. The van der Waals surface area contributed by atoms with Crippen molar-refractivity contribution in [3.63, 3.8) is 0 Å². The van der Waals surface area contributed by atoms with Crippen LogP contribution in [-0.4, -0.2) is 64.2 Å². The maximum absolute atomic E-state index is 13.8. The zero-order valence-electron chi connectivity index (χ0n) is 19.3. The summed E-state index contributed by atoms with van der Waals surface area (Å²) in [6.07, 6.45) is 0.943. The molecule has 2 fully saturated rings. The van der Waals surface area contributed by atoms with Crippen LogP contribution in [-0.2, 0) is 14.3 Å². The molecule has 3 aliphatic rings. The number of nitrogens with zero attached hydrogens (tertiary/aromatic N) is 2. The van der Waals surface area contributed by atoms with Gasteiger partial charge in [-0.15, -0.1) is 0 Å². The van der Waals surface area contributed by atoms with E-state index < -0.39 is 29.8 Å². The average molecular weight is 442 g/mol. The highest BCUT2D eigenvalue weighted by molar-refractivity contribution is 6.01. The summed E-state index contributed by atoms with van der Waals surface area (Å²) in [6.45, 7) is 6.76. The monoisotopic (exact) mass is 441 g/mol. The van der Waals surface area contributed by atoms with Crippen LogP contribution in [0, 0.1) is 5.41 Å². The SMILES string of the molecule is COc1ccc2c3c([nH]c2c1)[C@@H](CC(C)(C)C)N1C(=O)[C@@H]2CCCN2C(=O)[C@@]1(O)[C@H]3OC. The number of hydrogen-bond donors (Lipinski definition) is 2. The second-order valence-corrected chi connectivity index (χ2v) is 10.4. The van der Waals surface area contributed by atoms with Crippen LogP contribution < -0.4 is 4.74 Å². The van der Waals surface area contributed by atoms with E-state index in [1.165, 1.54) is 12.0 Å². The van der Waals surface area contributed by atoms with Crippen molar-refractivity contribution < 1.29 is 24.2 Å². The summed E-state index contributed by atoms with van der Waals surface area (Å²) in [5.41, 5.74) is 0.113. The molecule has 2 amide bonds. The smallest absolute Gasteiger partial charge is 0.279 e. The summed E-state index contributed by atoms with van der Waals surface area (Å²) < 4.78 is 11.2. The number of carbonyl (C=O) groups excluding carboxylic acids is 2. The summed E-state index contributed by atoms with van der Waals surface area (Å²) in [5, 5.41) is 12.9. The molecule has 1 aromatic carbocycles. The number of rotatable bonds is 3. The third-order valence-electron chi connectivity index (χ3n) is 7.11. The molecule has 4 atom stereocenters. The number of aromatic amines is 1. The first-order valence-corrected chi connectivity index (χ1v) is 11.2. The summed E-state index contributed by atoms with van der Waals surface area (Å²) in [4.78, 5) is 33.9. The van der Waals surface area contributed by atoms with Crippen LogP contribution >= 0.6 is 0 Å². The van der Waals surface area contributed by atoms with Gasteiger partial charge in [-0.05, 0) is 36.8 Å². The predicted molar refractivity (Wildman–Crippen MR) is 118 cm³/mol. The Morgan fingerprint density at radius 2 is 2.00 bits per heavy atom. The van der Waals surface area contributed by atoms with Crippen molar-refractivity contribution in [2.45, 2.75) is 63.9 Å². The highest BCUT2D eigenvalue weighted by Crippen LogP contribution is 2.54. The van der Waals surface area contributed by atoms with Crippen molar-refractivity contribution in [2.75, 3.05) is 20.8 Å². The van der Waals surface area contributed by atoms with E-state index in [2.05, 4.69) is 25.8 Å². The summed E-state index contributed by atoms with van der Waals surface area (Å²) >= 11 is 0. The van der Waals surface area contributed by atoms with Crippen LogP contribution in [0.4, 0.5) is 0 Å². The van der Waals surface area contributed by atoms with Gasteiger partial charge >= 0.3 is 0 Å². The molecule has 0 unspecified atom stereocenters. The second-order valence-electron chi connectivity index (χ2n) is 10.4. The van der Waals surface area contributed by atoms with E-state index in [0.29, 0.717) is 25.1 Å². The Labute approximate surface area is 187 Å². The predicted octanol–water partition coefficient (Wildman–Crippen LogP) is 2.88. The Morgan fingerprint density at radius 1 is 1.25 bits per heavy atom. The molecule has 8 nitrogen and oxygen atoms in total. The average Bonchev–Trinajstić information content (AvgIpc) is 3.36. The van der Waals surface area contributed by atoms with Crippen LogP contribution in [0.2, 0.25) is 0 Å². The third-order valence-corrected chi connectivity index (χ3v) is 7.11. The van der Waals surface area contributed by atoms with Crippen molar-refractivity contribution in [3.8, 4) is 5.75 Å². The number of benzene rings is 1. The van der Waals surface area contributed by atoms with Gasteiger partial charge in [0.1, 0.15) is 17.9 Å². The highest BCUT2D eigenvalue weighted by atomic mass is 16.5. The van der Waals surface area contributed by atoms with Crippen LogP contribution in [0.25, 0.3) is 10.9 Å². The van der Waals surface area contributed by atoms with Gasteiger partial charge in [-0.2, -0.15) is 0 Å². The Balaban J connectivity index is 1.79. The largest absolute Gasteiger partial charge is 0.497 e. The van der Waals surface area contributed by atoms with Crippen LogP contribution in [0.3, 0.4) is 0 Å². The summed E-state index contributed by atoms with van der Waals surface area (Å²) in [5.74, 6) is 0.0447. The quantitative estimate of drug-likeness (QED) is 0.764. The molecule has 5 rings (SSSR count). The van der Waals surface area contributed by atoms with Gasteiger partial charge in [0.05, 0.1) is 13.2 Å². The Kier molecular flexibility index (Phi) is 4.63. The van der Waals surface area contributed by atoms with E-state index in [-0.39, 0.29) is 11.3 Å². The molecule has 2 N–H and O–H groups in total. The van der Waals surface area contributed by atoms with Crippen LogP contribution in [0.1, 0.15) is 63.4 Å². The number of piperazine rings is 1. The highest BCUT2D eigenvalue weighted by Gasteiger charge is 2.66. The molecule has 8 heteroatoms. The maximum Gasteiger partial charge on any atom is 0.279 e. The van der Waals surface area contributed by atoms with E-state index in [1.54, 1.807) is 12.0 Å². The van der Waals surface area contributed by atoms with Gasteiger partial charge in [0.15, 0.2) is 0 Å². The van der Waals surface area contributed by atoms with Crippen molar-refractivity contribution >= 4 is 22.7 Å². The number of H-pyrrole nitrogens is 1. The maximum atomic E-state index is 13.8. The molecule has 2 saturated heterocycles. The fraction of sp³-hybridized carbons (Fsp3) is 0.583. The van der Waals surface area contributed by atoms with E-state index >= 15 is 0 Å². The van der Waals surface area contributed by atoms with Crippen LogP contribution in [0.5, 0.6) is 5.75 Å². The first kappa shape index (κ1) is 21.3. The van der Waals surface area contributed by atoms with E-state index in [9.17, 15) is 14.7 Å². The minimum absolute atomic E-state index is 0.159. The second kappa shape index (κ2) is 6.96. The first-order chi connectivity index (χ1) is 15.1. The number of aromatic nitrogens is 1. The van der Waals surface area contributed by atoms with Gasteiger partial charge in [-0.1, -0.05) is 20.8 Å². The number of carbonyl (C=O) groups is 2. The minimum Gasteiger partial charge on any atom is -0.497 e. The van der Waals surface area contributed by atoms with Gasteiger partial charge < -0.3 is 24.5 Å². The van der Waals surface area contributed by atoms with Crippen molar-refractivity contribution in [3.05, 3.63) is 29.5 Å². The summed E-state index contributed by atoms with van der Waals surface area (Å²) in [6, 6.07) is 4.64. The van der Waals surface area contributed by atoms with Gasteiger partial charge in [-0.25, -0.2) is 0 Å². The molecule has 0 radical (unpaired) electrons. The Bertz CT molecular complexity index is 1100. The number of methoxy groups -OCH3 is 2. The molecule has 2 aromatic rings. The fourth-order valence-corrected chi connectivity index (χ4v) is 5.82. The molecule has 0 aliphatic carbocycles. The van der Waals surface area contributed by atoms with Crippen molar-refractivity contribution in [1.82, 2.24) is 14.8 Å². The lowest BCUT2D eigenvalue weighted by molar-refractivity contribution is -0.237. The number of amides is 2. The lowest BCUT2D eigenvalue weighted by Gasteiger charge is -2.56. The molecular weight excluding hydrogens is 410 g/mol. The van der Waals surface area contributed by atoms with E-state index in [4.69, 9.17) is 9.47 Å². The Morgan fingerprint density at radius 3 is 2.66 bits per heavy atom. The van der Waals surface area contributed by atoms with Gasteiger partial charge in [0.2, 0.25) is 5.91 Å². The van der Waals surface area contributed by atoms with E-state index in [0.717, 1.165) is 28.6 Å². The number of fused-ring (bicyclic) bond motifs is 5. The third kappa shape index (κ3) is 2.75. The molecule has 0 spiro atoms. The van der Waals surface area contributed by atoms with Gasteiger partial charge in [-0.3, -0.25) is 14.5 Å². The summed E-state index contributed by atoms with van der Waals surface area (Å²) in [7, 11) is 3.09. The van der Waals surface area contributed by atoms with Crippen molar-refractivity contribution in [1.29, 1.82) is 0 Å². The van der Waals surface area contributed by atoms with Crippen LogP contribution in [0.15, 0.2) is 18.2 Å². The molecule has 172 valence electrons. The van der Waals surface area contributed by atoms with E-state index in [1.807, 2.05) is 18.2 Å². The number of ether oxygens (including phenoxy) is 2. The zero-order chi connectivity index (χ0) is 23.0. The lowest BCUT2D eigenvalue weighted by atomic mass is 9.77. The molecular formula is C24H31N3O5. The standard InChI is InChI=1S/C24H31N3O5/c1-23(2,3)12-17-19-18(14-9-8-13(31-4)11-15(14)25-19)20(32-5)24(30)22(29)26-10-6-7-16(26)21(28)27(17)24/h8-9,11,16-17,20,25,30H,6-7,10,12H2,1-5H3/t16-,17+,20-,24-/m0/s1. The number of aliphatic hydroxyl groups is 1. The number of nitrogens with one attached hydrogen (secondary N) is 1. The molecule has 3 aliphatic heterocycles. The Hall–Kier alpha value is -2.58.